The van der Waals surface area contributed by atoms with Crippen molar-refractivity contribution < 1.29 is 9.59 Å². The highest BCUT2D eigenvalue weighted by molar-refractivity contribution is 6.33. The Balaban J connectivity index is 2.17. The summed E-state index contributed by atoms with van der Waals surface area (Å²) in [4.78, 5) is 30.3. The maximum atomic E-state index is 12.7. The molecule has 7 nitrogen and oxygen atoms in total. The largest absolute Gasteiger partial charge is 0.355 e. The molecule has 0 aliphatic carbocycles. The molecule has 2 aromatic rings. The van der Waals surface area contributed by atoms with E-state index in [9.17, 15) is 9.59 Å². The van der Waals surface area contributed by atoms with E-state index in [-0.39, 0.29) is 11.9 Å². The van der Waals surface area contributed by atoms with Gasteiger partial charge in [0.1, 0.15) is 5.82 Å². The van der Waals surface area contributed by atoms with E-state index in [2.05, 4.69) is 15.6 Å². The van der Waals surface area contributed by atoms with Gasteiger partial charge in [0.25, 0.3) is 5.91 Å². The van der Waals surface area contributed by atoms with Crippen molar-refractivity contribution >= 4 is 29.2 Å². The molecule has 0 spiro atoms. The average Bonchev–Trinajstić information content (AvgIpc) is 3.00. The third kappa shape index (κ3) is 4.73. The first-order chi connectivity index (χ1) is 12.0. The maximum Gasteiger partial charge on any atom is 0.322 e. The van der Waals surface area contributed by atoms with Crippen LogP contribution in [0.25, 0.3) is 0 Å². The van der Waals surface area contributed by atoms with Crippen molar-refractivity contribution in [2.75, 3.05) is 18.9 Å². The predicted molar refractivity (Wildman–Crippen MR) is 97.8 cm³/mol. The number of imidazole rings is 1. The molecule has 0 aliphatic rings. The number of halogens is 1. The van der Waals surface area contributed by atoms with Gasteiger partial charge in [0.15, 0.2) is 0 Å². The van der Waals surface area contributed by atoms with Crippen molar-refractivity contribution in [3.8, 4) is 0 Å². The molecule has 0 saturated heterocycles. The summed E-state index contributed by atoms with van der Waals surface area (Å²) in [6, 6.07) is 4.46. The summed E-state index contributed by atoms with van der Waals surface area (Å²) < 4.78 is 1.87. The second-order valence-electron chi connectivity index (χ2n) is 5.58. The topological polar surface area (TPSA) is 79.3 Å². The van der Waals surface area contributed by atoms with Crippen LogP contribution in [-0.2, 0) is 13.6 Å². The average molecular weight is 364 g/mol. The van der Waals surface area contributed by atoms with Crippen LogP contribution in [0.3, 0.4) is 0 Å². The summed E-state index contributed by atoms with van der Waals surface area (Å²) in [7, 11) is 3.43. The quantitative estimate of drug-likeness (QED) is 0.828. The summed E-state index contributed by atoms with van der Waals surface area (Å²) in [6.07, 6.45) is 4.34. The van der Waals surface area contributed by atoms with E-state index in [4.69, 9.17) is 11.6 Å². The number of carbonyl (C=O) groups excluding carboxylic acids is 2. The second-order valence-corrected chi connectivity index (χ2v) is 5.99. The van der Waals surface area contributed by atoms with Crippen molar-refractivity contribution in [3.63, 3.8) is 0 Å². The number of hydrogen-bond donors (Lipinski definition) is 2. The molecular formula is C17H22ClN5O2. The van der Waals surface area contributed by atoms with E-state index in [0.717, 1.165) is 12.2 Å². The first kappa shape index (κ1) is 18.8. The lowest BCUT2D eigenvalue weighted by Crippen LogP contribution is -2.36. The molecular weight excluding hydrogens is 342 g/mol. The lowest BCUT2D eigenvalue weighted by Gasteiger charge is -2.22. The molecule has 2 N–H and O–H groups in total. The fourth-order valence-corrected chi connectivity index (χ4v) is 2.51. The van der Waals surface area contributed by atoms with E-state index in [0.29, 0.717) is 29.4 Å². The Hall–Kier alpha value is -2.54. The number of carbonyl (C=O) groups is 2. The zero-order valence-corrected chi connectivity index (χ0v) is 15.3. The Bertz CT molecular complexity index is 759. The Labute approximate surface area is 152 Å². The van der Waals surface area contributed by atoms with Crippen molar-refractivity contribution in [1.29, 1.82) is 0 Å². The minimum Gasteiger partial charge on any atom is -0.355 e. The number of nitrogens with one attached hydrogen (secondary N) is 2. The third-order valence-corrected chi connectivity index (χ3v) is 4.06. The van der Waals surface area contributed by atoms with Crippen LogP contribution in [0.5, 0.6) is 0 Å². The number of benzene rings is 1. The molecule has 1 aromatic carbocycles. The lowest BCUT2D eigenvalue weighted by molar-refractivity contribution is 0.0963. The highest BCUT2D eigenvalue weighted by atomic mass is 35.5. The van der Waals surface area contributed by atoms with Crippen LogP contribution in [0.2, 0.25) is 5.02 Å². The van der Waals surface area contributed by atoms with Crippen LogP contribution in [0.1, 0.15) is 29.5 Å². The van der Waals surface area contributed by atoms with Gasteiger partial charge in [0.2, 0.25) is 0 Å². The molecule has 0 unspecified atom stereocenters. The third-order valence-electron chi connectivity index (χ3n) is 3.73. The number of urea groups is 1. The molecule has 1 heterocycles. The number of aromatic nitrogens is 2. The van der Waals surface area contributed by atoms with Gasteiger partial charge in [-0.05, 0) is 24.6 Å². The summed E-state index contributed by atoms with van der Waals surface area (Å²) >= 11 is 6.16. The molecule has 0 atom stereocenters. The van der Waals surface area contributed by atoms with Gasteiger partial charge in [-0.25, -0.2) is 9.78 Å². The van der Waals surface area contributed by atoms with Crippen LogP contribution in [0.15, 0.2) is 30.6 Å². The molecule has 134 valence electrons. The molecule has 1 aromatic heterocycles. The molecule has 0 fully saturated rings. The van der Waals surface area contributed by atoms with Crippen molar-refractivity contribution in [3.05, 3.63) is 47.0 Å². The second kappa shape index (κ2) is 8.53. The maximum absolute atomic E-state index is 12.7. The summed E-state index contributed by atoms with van der Waals surface area (Å²) in [5.41, 5.74) is 0.821. The van der Waals surface area contributed by atoms with E-state index < -0.39 is 0 Å². The van der Waals surface area contributed by atoms with Gasteiger partial charge < -0.3 is 20.1 Å². The minimum atomic E-state index is -0.291. The first-order valence-corrected chi connectivity index (χ1v) is 8.37. The van der Waals surface area contributed by atoms with E-state index in [1.165, 1.54) is 0 Å². The van der Waals surface area contributed by atoms with Gasteiger partial charge in [0, 0.05) is 38.6 Å². The molecule has 0 saturated carbocycles. The number of hydrogen-bond acceptors (Lipinski definition) is 3. The van der Waals surface area contributed by atoms with Crippen LogP contribution in [0.4, 0.5) is 10.5 Å². The normalized spacial score (nSPS) is 10.4. The smallest absolute Gasteiger partial charge is 0.322 e. The fourth-order valence-electron chi connectivity index (χ4n) is 2.34. The Kier molecular flexibility index (Phi) is 6.41. The standard InChI is InChI=1S/C17H22ClN5O2/c1-4-8-23(11-15-20-7-9-22(15)3)17(25)21-14-10-12(16(24)19-2)5-6-13(14)18/h5-7,9-10H,4,8,11H2,1-3H3,(H,19,24)(H,21,25). The molecule has 3 amide bonds. The summed E-state index contributed by atoms with van der Waals surface area (Å²) in [5.74, 6) is 0.541. The summed E-state index contributed by atoms with van der Waals surface area (Å²) in [6.45, 7) is 2.96. The van der Waals surface area contributed by atoms with Gasteiger partial charge in [-0.2, -0.15) is 0 Å². The van der Waals surface area contributed by atoms with Crippen molar-refractivity contribution in [1.82, 2.24) is 19.8 Å². The zero-order valence-electron chi connectivity index (χ0n) is 14.5. The Morgan fingerprint density at radius 3 is 2.72 bits per heavy atom. The lowest BCUT2D eigenvalue weighted by atomic mass is 10.2. The van der Waals surface area contributed by atoms with Gasteiger partial charge >= 0.3 is 6.03 Å². The predicted octanol–water partition coefficient (Wildman–Crippen LogP) is 2.88. The zero-order chi connectivity index (χ0) is 18.4. The molecule has 25 heavy (non-hydrogen) atoms. The highest BCUT2D eigenvalue weighted by Gasteiger charge is 2.17. The van der Waals surface area contributed by atoms with E-state index in [1.807, 2.05) is 24.7 Å². The van der Waals surface area contributed by atoms with Crippen LogP contribution in [0, 0.1) is 0 Å². The first-order valence-electron chi connectivity index (χ1n) is 8.00. The minimum absolute atomic E-state index is 0.245. The van der Waals surface area contributed by atoms with Crippen LogP contribution < -0.4 is 10.6 Å². The number of anilines is 1. The van der Waals surface area contributed by atoms with E-state index in [1.54, 1.807) is 36.3 Å². The van der Waals surface area contributed by atoms with Gasteiger partial charge in [0.05, 0.1) is 17.3 Å². The number of amides is 3. The van der Waals surface area contributed by atoms with E-state index >= 15 is 0 Å². The van der Waals surface area contributed by atoms with Crippen LogP contribution in [-0.4, -0.2) is 40.0 Å². The molecule has 0 aliphatic heterocycles. The Morgan fingerprint density at radius 1 is 1.36 bits per heavy atom. The van der Waals surface area contributed by atoms with Crippen molar-refractivity contribution in [2.24, 2.45) is 7.05 Å². The molecule has 0 radical (unpaired) electrons. The number of rotatable bonds is 6. The van der Waals surface area contributed by atoms with Gasteiger partial charge in [-0.1, -0.05) is 18.5 Å². The SMILES string of the molecule is CCCN(Cc1nccn1C)C(=O)Nc1cc(C(=O)NC)ccc1Cl. The molecule has 8 heteroatoms. The number of nitrogens with zero attached hydrogens (tertiary/aromatic N) is 3. The molecule has 0 bridgehead atoms. The van der Waals surface area contributed by atoms with Gasteiger partial charge in [-0.15, -0.1) is 0 Å². The Morgan fingerprint density at radius 2 is 2.12 bits per heavy atom. The monoisotopic (exact) mass is 363 g/mol. The van der Waals surface area contributed by atoms with Crippen molar-refractivity contribution in [2.45, 2.75) is 19.9 Å². The summed E-state index contributed by atoms with van der Waals surface area (Å²) in [5, 5.41) is 5.70. The van der Waals surface area contributed by atoms with Gasteiger partial charge in [-0.3, -0.25) is 4.79 Å². The number of aryl methyl sites for hydroxylation is 1. The highest BCUT2D eigenvalue weighted by Crippen LogP contribution is 2.23. The molecule has 2 rings (SSSR count). The fraction of sp³-hybridized carbons (Fsp3) is 0.353. The van der Waals surface area contributed by atoms with Crippen LogP contribution >= 0.6 is 11.6 Å².